The first-order valence-electron chi connectivity index (χ1n) is 9.95. The van der Waals surface area contributed by atoms with Gasteiger partial charge in [-0.05, 0) is 43.1 Å². The van der Waals surface area contributed by atoms with Crippen molar-refractivity contribution in [1.29, 1.82) is 0 Å². The highest BCUT2D eigenvalue weighted by atomic mass is 16.6. The first-order chi connectivity index (χ1) is 13.2. The van der Waals surface area contributed by atoms with E-state index in [1.54, 1.807) is 6.20 Å². The van der Waals surface area contributed by atoms with Crippen molar-refractivity contribution in [2.45, 2.75) is 58.7 Å². The number of hydrogen-bond donors (Lipinski definition) is 1. The summed E-state index contributed by atoms with van der Waals surface area (Å²) in [5, 5.41) is 11.6. The summed E-state index contributed by atoms with van der Waals surface area (Å²) in [5.41, 5.74) is 0.0529. The fourth-order valence-corrected chi connectivity index (χ4v) is 4.77. The highest BCUT2D eigenvalue weighted by Gasteiger charge is 2.52. The van der Waals surface area contributed by atoms with Crippen molar-refractivity contribution >= 4 is 12.1 Å². The van der Waals surface area contributed by atoms with E-state index in [0.29, 0.717) is 6.42 Å². The molecule has 7 heteroatoms. The number of carbonyl (C=O) groups excluding carboxylic acids is 2. The molecule has 1 aromatic heterocycles. The molecule has 0 spiro atoms. The van der Waals surface area contributed by atoms with Crippen LogP contribution in [-0.2, 0) is 14.3 Å². The van der Waals surface area contributed by atoms with Gasteiger partial charge in [-0.25, -0.2) is 14.3 Å². The van der Waals surface area contributed by atoms with Gasteiger partial charge in [-0.3, -0.25) is 4.79 Å². The third-order valence-corrected chi connectivity index (χ3v) is 6.51. The predicted octanol–water partition coefficient (Wildman–Crippen LogP) is 3.18. The van der Waals surface area contributed by atoms with Crippen molar-refractivity contribution in [3.8, 4) is 0 Å². The Balaban J connectivity index is 1.74. The van der Waals surface area contributed by atoms with Gasteiger partial charge in [0.05, 0.1) is 12.2 Å². The summed E-state index contributed by atoms with van der Waals surface area (Å²) in [4.78, 5) is 27.4. The molecule has 6 atom stereocenters. The number of fused-ring (bicyclic) bond motifs is 1. The zero-order valence-corrected chi connectivity index (χ0v) is 17.0. The highest BCUT2D eigenvalue weighted by Crippen LogP contribution is 2.51. The Labute approximate surface area is 165 Å². The maximum Gasteiger partial charge on any atom is 0.419 e. The molecular weight excluding hydrogens is 360 g/mol. The standard InChI is InChI=1S/C21H30N2O5/c1-13-9-18-17(14(2)11-27-20(25)23-8-7-22-12-23)6-5-15(3)21(18,26)10-19(13)28-16(4)24/h7-9,12,14-15,17-19,26H,5-6,10-11H2,1-4H3/t14-,15-,17+,18-,19-,21-/m1/s1. The zero-order valence-electron chi connectivity index (χ0n) is 17.0. The number of hydrogen-bond acceptors (Lipinski definition) is 6. The number of nitrogens with zero attached hydrogens (tertiary/aromatic N) is 2. The lowest BCUT2D eigenvalue weighted by Gasteiger charge is -2.52. The number of ether oxygens (including phenoxy) is 2. The molecule has 0 aromatic carbocycles. The van der Waals surface area contributed by atoms with Gasteiger partial charge in [0.2, 0.25) is 0 Å². The van der Waals surface area contributed by atoms with Crippen LogP contribution in [0.3, 0.4) is 0 Å². The number of aromatic nitrogens is 2. The largest absolute Gasteiger partial charge is 0.458 e. The molecule has 1 saturated carbocycles. The van der Waals surface area contributed by atoms with Gasteiger partial charge >= 0.3 is 12.1 Å². The fourth-order valence-electron chi connectivity index (χ4n) is 4.77. The number of rotatable bonds is 4. The van der Waals surface area contributed by atoms with Gasteiger partial charge in [0.1, 0.15) is 12.4 Å². The minimum absolute atomic E-state index is 0.0509. The first kappa shape index (κ1) is 20.6. The van der Waals surface area contributed by atoms with E-state index in [4.69, 9.17) is 9.47 Å². The monoisotopic (exact) mass is 390 g/mol. The normalized spacial score (nSPS) is 33.4. The van der Waals surface area contributed by atoms with E-state index in [9.17, 15) is 14.7 Å². The van der Waals surface area contributed by atoms with E-state index in [0.717, 1.165) is 18.4 Å². The number of aliphatic hydroxyl groups is 1. The van der Waals surface area contributed by atoms with Gasteiger partial charge in [-0.2, -0.15) is 0 Å². The molecule has 2 aliphatic carbocycles. The average molecular weight is 390 g/mol. The van der Waals surface area contributed by atoms with Crippen molar-refractivity contribution in [1.82, 2.24) is 9.55 Å². The molecule has 1 N–H and O–H groups in total. The molecule has 0 amide bonds. The summed E-state index contributed by atoms with van der Waals surface area (Å²) in [6.45, 7) is 7.75. The molecule has 1 fully saturated rings. The molecule has 0 aliphatic heterocycles. The summed E-state index contributed by atoms with van der Waals surface area (Å²) < 4.78 is 12.2. The van der Waals surface area contributed by atoms with Crippen LogP contribution in [0.1, 0.15) is 47.0 Å². The van der Waals surface area contributed by atoms with Crippen LogP contribution >= 0.6 is 0 Å². The second-order valence-electron chi connectivity index (χ2n) is 8.40. The van der Waals surface area contributed by atoms with Crippen LogP contribution in [0.25, 0.3) is 0 Å². The molecule has 154 valence electrons. The molecule has 7 nitrogen and oxygen atoms in total. The Bertz CT molecular complexity index is 744. The lowest BCUT2D eigenvalue weighted by molar-refractivity contribution is -0.159. The van der Waals surface area contributed by atoms with Crippen molar-refractivity contribution in [3.05, 3.63) is 30.4 Å². The van der Waals surface area contributed by atoms with Crippen LogP contribution in [0.2, 0.25) is 0 Å². The van der Waals surface area contributed by atoms with Crippen LogP contribution in [0.5, 0.6) is 0 Å². The summed E-state index contributed by atoms with van der Waals surface area (Å²) in [6, 6.07) is 0. The van der Waals surface area contributed by atoms with E-state index in [1.165, 1.54) is 24.0 Å². The quantitative estimate of drug-likeness (QED) is 0.627. The van der Waals surface area contributed by atoms with Crippen molar-refractivity contribution in [3.63, 3.8) is 0 Å². The molecular formula is C21H30N2O5. The van der Waals surface area contributed by atoms with Gasteiger partial charge in [0.15, 0.2) is 0 Å². The predicted molar refractivity (Wildman–Crippen MR) is 102 cm³/mol. The Morgan fingerprint density at radius 2 is 2.18 bits per heavy atom. The first-order valence-corrected chi connectivity index (χ1v) is 9.95. The third kappa shape index (κ3) is 3.99. The SMILES string of the molecule is CC(=O)O[C@@H]1C[C@@]2(O)[C@H](C)CC[C@@H]([C@H](C)COC(=O)n3ccnc3)[C@H]2C=C1C. The molecule has 0 unspecified atom stereocenters. The Morgan fingerprint density at radius 3 is 2.82 bits per heavy atom. The van der Waals surface area contributed by atoms with Crippen LogP contribution in [0, 0.1) is 23.7 Å². The second kappa shape index (κ2) is 8.07. The Kier molecular flexibility index (Phi) is 5.93. The van der Waals surface area contributed by atoms with Crippen LogP contribution in [-0.4, -0.2) is 45.0 Å². The fraction of sp³-hybridized carbons (Fsp3) is 0.667. The lowest BCUT2D eigenvalue weighted by atomic mass is 9.57. The van der Waals surface area contributed by atoms with Gasteiger partial charge in [0, 0.05) is 31.7 Å². The topological polar surface area (TPSA) is 90.7 Å². The molecule has 1 aromatic rings. The van der Waals surface area contributed by atoms with E-state index < -0.39 is 11.7 Å². The van der Waals surface area contributed by atoms with Crippen LogP contribution in [0.15, 0.2) is 30.4 Å². The summed E-state index contributed by atoms with van der Waals surface area (Å²) in [6.07, 6.45) is 8.00. The average Bonchev–Trinajstić information content (AvgIpc) is 3.16. The van der Waals surface area contributed by atoms with Gasteiger partial charge in [-0.1, -0.05) is 19.9 Å². The van der Waals surface area contributed by atoms with Crippen molar-refractivity contribution in [2.24, 2.45) is 23.7 Å². The van der Waals surface area contributed by atoms with Crippen LogP contribution in [0.4, 0.5) is 4.79 Å². The third-order valence-electron chi connectivity index (χ3n) is 6.51. The molecule has 0 radical (unpaired) electrons. The van der Waals surface area contributed by atoms with E-state index >= 15 is 0 Å². The van der Waals surface area contributed by atoms with E-state index in [-0.39, 0.29) is 42.4 Å². The Hall–Kier alpha value is -2.15. The summed E-state index contributed by atoms with van der Waals surface area (Å²) in [7, 11) is 0. The van der Waals surface area contributed by atoms with Crippen molar-refractivity contribution < 1.29 is 24.2 Å². The van der Waals surface area contributed by atoms with Gasteiger partial charge < -0.3 is 14.6 Å². The van der Waals surface area contributed by atoms with Gasteiger partial charge in [0.25, 0.3) is 0 Å². The molecule has 0 saturated heterocycles. The molecule has 1 heterocycles. The molecule has 0 bridgehead atoms. The van der Waals surface area contributed by atoms with Gasteiger partial charge in [-0.15, -0.1) is 0 Å². The minimum atomic E-state index is -0.925. The lowest BCUT2D eigenvalue weighted by Crippen LogP contribution is -2.56. The maximum atomic E-state index is 12.1. The van der Waals surface area contributed by atoms with Crippen molar-refractivity contribution in [2.75, 3.05) is 6.61 Å². The second-order valence-corrected chi connectivity index (χ2v) is 8.40. The number of carbonyl (C=O) groups is 2. The summed E-state index contributed by atoms with van der Waals surface area (Å²) >= 11 is 0. The van der Waals surface area contributed by atoms with E-state index in [2.05, 4.69) is 24.9 Å². The molecule has 2 aliphatic rings. The van der Waals surface area contributed by atoms with Crippen LogP contribution < -0.4 is 0 Å². The number of imidazole rings is 1. The minimum Gasteiger partial charge on any atom is -0.458 e. The molecule has 28 heavy (non-hydrogen) atoms. The highest BCUT2D eigenvalue weighted by molar-refractivity contribution is 5.69. The molecule has 3 rings (SSSR count). The van der Waals surface area contributed by atoms with E-state index in [1.807, 2.05) is 6.92 Å². The maximum absolute atomic E-state index is 12.1. The smallest absolute Gasteiger partial charge is 0.419 e. The number of esters is 1. The summed E-state index contributed by atoms with van der Waals surface area (Å²) in [5.74, 6) is -0.00251. The Morgan fingerprint density at radius 1 is 1.43 bits per heavy atom. The zero-order chi connectivity index (χ0) is 20.5.